The average molecular weight is 263 g/mol. The topological polar surface area (TPSA) is 81.2 Å². The number of nitrogens with zero attached hydrogens (tertiary/aromatic N) is 1. The van der Waals surface area contributed by atoms with Gasteiger partial charge < -0.3 is 15.6 Å². The van der Waals surface area contributed by atoms with Crippen LogP contribution in [0.1, 0.15) is 27.4 Å². The lowest BCUT2D eigenvalue weighted by molar-refractivity contribution is 0.0947. The van der Waals surface area contributed by atoms with Crippen LogP contribution in [0.3, 0.4) is 0 Å². The van der Waals surface area contributed by atoms with E-state index in [1.807, 2.05) is 0 Å². The van der Waals surface area contributed by atoms with Crippen LogP contribution in [0.4, 0.5) is 10.1 Å². The standard InChI is InChI=1S/C13H14FN3O2/c1-7-11(8(2)19-17-7)6-16-13(18)10-5-9(15)3-4-12(10)14/h3-5H,6,15H2,1-2H3,(H,16,18). The number of aryl methyl sites for hydroxylation is 2. The molecule has 0 aliphatic heterocycles. The normalized spacial score (nSPS) is 10.5. The van der Waals surface area contributed by atoms with Gasteiger partial charge in [0.2, 0.25) is 0 Å². The fraction of sp³-hybridized carbons (Fsp3) is 0.231. The van der Waals surface area contributed by atoms with Gasteiger partial charge in [-0.1, -0.05) is 5.16 Å². The number of amides is 1. The molecule has 0 unspecified atom stereocenters. The summed E-state index contributed by atoms with van der Waals surface area (Å²) in [7, 11) is 0. The Hall–Kier alpha value is -2.37. The molecule has 0 spiro atoms. The van der Waals surface area contributed by atoms with Gasteiger partial charge in [0, 0.05) is 17.8 Å². The van der Waals surface area contributed by atoms with Crippen LogP contribution in [0.5, 0.6) is 0 Å². The van der Waals surface area contributed by atoms with Crippen molar-refractivity contribution in [1.29, 1.82) is 0 Å². The van der Waals surface area contributed by atoms with Gasteiger partial charge in [-0.3, -0.25) is 4.79 Å². The molecule has 0 saturated carbocycles. The number of benzene rings is 1. The van der Waals surface area contributed by atoms with Crippen molar-refractivity contribution in [2.45, 2.75) is 20.4 Å². The number of anilines is 1. The van der Waals surface area contributed by atoms with Crippen LogP contribution >= 0.6 is 0 Å². The van der Waals surface area contributed by atoms with Gasteiger partial charge in [0.05, 0.1) is 11.3 Å². The molecule has 19 heavy (non-hydrogen) atoms. The Morgan fingerprint density at radius 2 is 2.21 bits per heavy atom. The number of hydrogen-bond acceptors (Lipinski definition) is 4. The van der Waals surface area contributed by atoms with Crippen molar-refractivity contribution in [3.05, 3.63) is 46.6 Å². The lowest BCUT2D eigenvalue weighted by Gasteiger charge is -2.06. The lowest BCUT2D eigenvalue weighted by atomic mass is 10.1. The molecule has 2 aromatic rings. The first kappa shape index (κ1) is 13.1. The molecule has 5 nitrogen and oxygen atoms in total. The van der Waals surface area contributed by atoms with Crippen LogP contribution in [-0.4, -0.2) is 11.1 Å². The Morgan fingerprint density at radius 1 is 1.47 bits per heavy atom. The molecule has 0 aliphatic carbocycles. The number of carbonyl (C=O) groups excluding carboxylic acids is 1. The minimum atomic E-state index is -0.606. The van der Waals surface area contributed by atoms with Crippen molar-refractivity contribution in [2.24, 2.45) is 0 Å². The average Bonchev–Trinajstić information content (AvgIpc) is 2.69. The molecule has 0 saturated heterocycles. The predicted molar refractivity (Wildman–Crippen MR) is 68.0 cm³/mol. The molecule has 0 bridgehead atoms. The summed E-state index contributed by atoms with van der Waals surface area (Å²) in [6, 6.07) is 3.87. The molecule has 1 aromatic heterocycles. The van der Waals surface area contributed by atoms with Crippen LogP contribution < -0.4 is 11.1 Å². The summed E-state index contributed by atoms with van der Waals surface area (Å²) in [4.78, 5) is 11.9. The zero-order valence-corrected chi connectivity index (χ0v) is 10.7. The van der Waals surface area contributed by atoms with Crippen molar-refractivity contribution in [3.63, 3.8) is 0 Å². The maximum absolute atomic E-state index is 13.5. The molecule has 1 amide bonds. The van der Waals surface area contributed by atoms with Crippen molar-refractivity contribution in [1.82, 2.24) is 10.5 Å². The van der Waals surface area contributed by atoms with E-state index >= 15 is 0 Å². The van der Waals surface area contributed by atoms with Crippen molar-refractivity contribution >= 4 is 11.6 Å². The van der Waals surface area contributed by atoms with E-state index in [1.54, 1.807) is 13.8 Å². The second-order valence-corrected chi connectivity index (χ2v) is 4.22. The Balaban J connectivity index is 2.12. The van der Waals surface area contributed by atoms with Gasteiger partial charge in [0.25, 0.3) is 5.91 Å². The zero-order chi connectivity index (χ0) is 14.0. The van der Waals surface area contributed by atoms with Crippen molar-refractivity contribution < 1.29 is 13.7 Å². The molecule has 6 heteroatoms. The molecule has 1 heterocycles. The Morgan fingerprint density at radius 3 is 2.84 bits per heavy atom. The maximum Gasteiger partial charge on any atom is 0.254 e. The van der Waals surface area contributed by atoms with Gasteiger partial charge in [-0.05, 0) is 32.0 Å². The van der Waals surface area contributed by atoms with Gasteiger partial charge in [0.1, 0.15) is 11.6 Å². The van der Waals surface area contributed by atoms with Crippen molar-refractivity contribution in [3.8, 4) is 0 Å². The number of hydrogen-bond donors (Lipinski definition) is 2. The molecule has 3 N–H and O–H groups in total. The van der Waals surface area contributed by atoms with E-state index in [0.717, 1.165) is 5.56 Å². The number of aromatic nitrogens is 1. The Bertz CT molecular complexity index is 603. The fourth-order valence-electron chi connectivity index (χ4n) is 1.74. The van der Waals surface area contributed by atoms with Crippen LogP contribution in [0.15, 0.2) is 22.7 Å². The summed E-state index contributed by atoms with van der Waals surface area (Å²) in [6.07, 6.45) is 0. The smallest absolute Gasteiger partial charge is 0.254 e. The highest BCUT2D eigenvalue weighted by atomic mass is 19.1. The summed E-state index contributed by atoms with van der Waals surface area (Å²) in [5.41, 5.74) is 7.28. The van der Waals surface area contributed by atoms with Crippen LogP contribution in [-0.2, 0) is 6.54 Å². The van der Waals surface area contributed by atoms with E-state index in [0.29, 0.717) is 17.1 Å². The van der Waals surface area contributed by atoms with E-state index in [-0.39, 0.29) is 12.1 Å². The Labute approximate surface area is 109 Å². The third-order valence-corrected chi connectivity index (χ3v) is 2.84. The second-order valence-electron chi connectivity index (χ2n) is 4.22. The number of nitrogen functional groups attached to an aromatic ring is 1. The first-order valence-electron chi connectivity index (χ1n) is 5.74. The first-order valence-corrected chi connectivity index (χ1v) is 5.74. The van der Waals surface area contributed by atoms with Gasteiger partial charge in [-0.2, -0.15) is 0 Å². The summed E-state index contributed by atoms with van der Waals surface area (Å²) in [6.45, 7) is 3.76. The number of carbonyl (C=O) groups is 1. The van der Waals surface area contributed by atoms with Crippen LogP contribution in [0, 0.1) is 19.7 Å². The SMILES string of the molecule is Cc1noc(C)c1CNC(=O)c1cc(N)ccc1F. The van der Waals surface area contributed by atoms with Crippen LogP contribution in [0.25, 0.3) is 0 Å². The third-order valence-electron chi connectivity index (χ3n) is 2.84. The molecule has 0 aliphatic rings. The van der Waals surface area contributed by atoms with Crippen molar-refractivity contribution in [2.75, 3.05) is 5.73 Å². The maximum atomic E-state index is 13.5. The van der Waals surface area contributed by atoms with E-state index in [2.05, 4.69) is 10.5 Å². The van der Waals surface area contributed by atoms with E-state index in [4.69, 9.17) is 10.3 Å². The first-order chi connectivity index (χ1) is 8.99. The minimum Gasteiger partial charge on any atom is -0.399 e. The number of nitrogens with two attached hydrogens (primary N) is 1. The molecule has 0 radical (unpaired) electrons. The molecule has 0 atom stereocenters. The quantitative estimate of drug-likeness (QED) is 0.829. The van der Waals surface area contributed by atoms with E-state index < -0.39 is 11.7 Å². The largest absolute Gasteiger partial charge is 0.399 e. The second kappa shape index (κ2) is 5.09. The molecular weight excluding hydrogens is 249 g/mol. The monoisotopic (exact) mass is 263 g/mol. The van der Waals surface area contributed by atoms with Gasteiger partial charge in [-0.25, -0.2) is 4.39 Å². The lowest BCUT2D eigenvalue weighted by Crippen LogP contribution is -2.24. The highest BCUT2D eigenvalue weighted by Gasteiger charge is 2.14. The van der Waals surface area contributed by atoms with Gasteiger partial charge in [-0.15, -0.1) is 0 Å². The van der Waals surface area contributed by atoms with E-state index in [1.165, 1.54) is 18.2 Å². The third kappa shape index (κ3) is 2.73. The summed E-state index contributed by atoms with van der Waals surface area (Å²) >= 11 is 0. The minimum absolute atomic E-state index is 0.0771. The van der Waals surface area contributed by atoms with Gasteiger partial charge in [0.15, 0.2) is 0 Å². The molecule has 1 aromatic carbocycles. The molecular formula is C13H14FN3O2. The molecule has 2 rings (SSSR count). The fourth-order valence-corrected chi connectivity index (χ4v) is 1.74. The summed E-state index contributed by atoms with van der Waals surface area (Å²) < 4.78 is 18.5. The number of rotatable bonds is 3. The number of halogens is 1. The highest BCUT2D eigenvalue weighted by molar-refractivity contribution is 5.95. The highest BCUT2D eigenvalue weighted by Crippen LogP contribution is 2.14. The molecule has 100 valence electrons. The molecule has 0 fully saturated rings. The Kier molecular flexibility index (Phi) is 3.50. The van der Waals surface area contributed by atoms with Crippen LogP contribution in [0.2, 0.25) is 0 Å². The zero-order valence-electron chi connectivity index (χ0n) is 10.7. The van der Waals surface area contributed by atoms with E-state index in [9.17, 15) is 9.18 Å². The van der Waals surface area contributed by atoms with Gasteiger partial charge >= 0.3 is 0 Å². The number of nitrogens with one attached hydrogen (secondary N) is 1. The summed E-state index contributed by atoms with van der Waals surface area (Å²) in [5, 5.41) is 6.39. The predicted octanol–water partition coefficient (Wildman–Crippen LogP) is 1.94. The summed E-state index contributed by atoms with van der Waals surface area (Å²) in [5.74, 6) is -0.499.